The number of H-pyrrole nitrogens is 1. The van der Waals surface area contributed by atoms with Crippen LogP contribution >= 0.6 is 23.4 Å². The Kier molecular flexibility index (Phi) is 6.63. The number of hydrogen-bond donors (Lipinski definition) is 2. The number of nitrogens with zero attached hydrogens (tertiary/aromatic N) is 1. The van der Waals surface area contributed by atoms with Gasteiger partial charge in [-0.15, -0.1) is 0 Å². The van der Waals surface area contributed by atoms with Gasteiger partial charge < -0.3 is 15.0 Å². The molecule has 0 fully saturated rings. The van der Waals surface area contributed by atoms with Crippen molar-refractivity contribution < 1.29 is 9.53 Å². The van der Waals surface area contributed by atoms with E-state index in [1.54, 1.807) is 0 Å². The Labute approximate surface area is 189 Å². The maximum absolute atomic E-state index is 13.0. The fourth-order valence-corrected chi connectivity index (χ4v) is 4.47. The lowest BCUT2D eigenvalue weighted by molar-refractivity contribution is -0.116. The first-order valence-corrected chi connectivity index (χ1v) is 11.4. The molecule has 4 rings (SSSR count). The Morgan fingerprint density at radius 2 is 1.94 bits per heavy atom. The van der Waals surface area contributed by atoms with Crippen molar-refractivity contribution in [2.45, 2.75) is 36.6 Å². The summed E-state index contributed by atoms with van der Waals surface area (Å²) in [6.45, 7) is 2.60. The number of anilines is 1. The van der Waals surface area contributed by atoms with Crippen molar-refractivity contribution in [2.75, 3.05) is 11.9 Å². The van der Waals surface area contributed by atoms with Crippen molar-refractivity contribution in [1.29, 1.82) is 0 Å². The van der Waals surface area contributed by atoms with E-state index in [0.717, 1.165) is 17.5 Å². The predicted octanol–water partition coefficient (Wildman–Crippen LogP) is 4.98. The number of aromatic amines is 1. The molecule has 1 aliphatic rings. The van der Waals surface area contributed by atoms with E-state index in [2.05, 4.69) is 15.3 Å². The number of aromatic nitrogens is 2. The van der Waals surface area contributed by atoms with Crippen LogP contribution in [0, 0.1) is 0 Å². The van der Waals surface area contributed by atoms with E-state index in [-0.39, 0.29) is 17.9 Å². The van der Waals surface area contributed by atoms with Crippen LogP contribution in [-0.2, 0) is 10.5 Å². The zero-order valence-corrected chi connectivity index (χ0v) is 18.6. The summed E-state index contributed by atoms with van der Waals surface area (Å²) in [6, 6.07) is 15.0. The Morgan fingerprint density at radius 3 is 2.71 bits per heavy atom. The van der Waals surface area contributed by atoms with Gasteiger partial charge in [0.2, 0.25) is 5.91 Å². The number of para-hydroxylation sites is 1. The van der Waals surface area contributed by atoms with Gasteiger partial charge in [0.15, 0.2) is 5.16 Å². The number of fused-ring (bicyclic) bond motifs is 1. The molecule has 0 aliphatic carbocycles. The summed E-state index contributed by atoms with van der Waals surface area (Å²) >= 11 is 7.32. The molecule has 0 bridgehead atoms. The number of hydrogen-bond acceptors (Lipinski definition) is 5. The third-order valence-electron chi connectivity index (χ3n) is 4.97. The summed E-state index contributed by atoms with van der Waals surface area (Å²) in [6.07, 6.45) is 1.04. The molecule has 0 saturated carbocycles. The van der Waals surface area contributed by atoms with Gasteiger partial charge in [-0.2, -0.15) is 0 Å². The van der Waals surface area contributed by atoms with Gasteiger partial charge in [-0.1, -0.05) is 60.6 Å². The molecule has 160 valence electrons. The highest BCUT2D eigenvalue weighted by molar-refractivity contribution is 7.98. The van der Waals surface area contributed by atoms with Crippen LogP contribution in [0.1, 0.15) is 42.4 Å². The number of nitrogens with one attached hydrogen (secondary N) is 2. The summed E-state index contributed by atoms with van der Waals surface area (Å²) in [5.74, 6) is 1.03. The maximum atomic E-state index is 13.0. The topological polar surface area (TPSA) is 84.1 Å². The average Bonchev–Trinajstić information content (AvgIpc) is 2.76. The number of carbonyl (C=O) groups is 1. The van der Waals surface area contributed by atoms with Crippen molar-refractivity contribution >= 4 is 35.1 Å². The Bertz CT molecular complexity index is 1150. The minimum atomic E-state index is -0.414. The van der Waals surface area contributed by atoms with Crippen molar-refractivity contribution in [3.05, 3.63) is 80.6 Å². The highest BCUT2D eigenvalue weighted by Crippen LogP contribution is 2.38. The molecule has 1 aliphatic heterocycles. The molecule has 1 amide bonds. The molecular formula is C23H22ClN3O3S. The number of ether oxygens (including phenoxy) is 1. The van der Waals surface area contributed by atoms with Gasteiger partial charge >= 0.3 is 0 Å². The minimum absolute atomic E-state index is 0.168. The van der Waals surface area contributed by atoms with E-state index >= 15 is 0 Å². The lowest BCUT2D eigenvalue weighted by atomic mass is 9.86. The van der Waals surface area contributed by atoms with Crippen molar-refractivity contribution in [3.63, 3.8) is 0 Å². The first kappa shape index (κ1) is 21.5. The van der Waals surface area contributed by atoms with Gasteiger partial charge in [0.1, 0.15) is 11.6 Å². The molecule has 0 radical (unpaired) electrons. The van der Waals surface area contributed by atoms with Crippen molar-refractivity contribution in [1.82, 2.24) is 9.97 Å². The van der Waals surface area contributed by atoms with E-state index in [4.69, 9.17) is 16.3 Å². The number of thioether (sulfide) groups is 1. The molecule has 1 atom stereocenters. The molecule has 0 spiro atoms. The molecule has 2 heterocycles. The molecule has 0 unspecified atom stereocenters. The summed E-state index contributed by atoms with van der Waals surface area (Å²) in [4.78, 5) is 32.9. The van der Waals surface area contributed by atoms with E-state index in [0.29, 0.717) is 39.7 Å². The number of benzene rings is 2. The van der Waals surface area contributed by atoms with Gasteiger partial charge in [0, 0.05) is 28.7 Å². The van der Waals surface area contributed by atoms with Crippen LogP contribution in [0.5, 0.6) is 5.75 Å². The molecule has 2 N–H and O–H groups in total. The third-order valence-corrected chi connectivity index (χ3v) is 6.17. The quantitative estimate of drug-likeness (QED) is 0.387. The van der Waals surface area contributed by atoms with E-state index in [1.165, 1.54) is 11.8 Å². The van der Waals surface area contributed by atoms with Gasteiger partial charge in [-0.25, -0.2) is 4.98 Å². The molecule has 8 heteroatoms. The first-order chi connectivity index (χ1) is 15.0. The number of amides is 1. The van der Waals surface area contributed by atoms with E-state index in [9.17, 15) is 9.59 Å². The van der Waals surface area contributed by atoms with Crippen LogP contribution < -0.4 is 15.6 Å². The molecule has 3 aromatic rings. The molecule has 2 aromatic carbocycles. The highest BCUT2D eigenvalue weighted by Gasteiger charge is 2.32. The maximum Gasteiger partial charge on any atom is 0.257 e. The van der Waals surface area contributed by atoms with Crippen molar-refractivity contribution in [2.24, 2.45) is 0 Å². The zero-order valence-electron chi connectivity index (χ0n) is 17.0. The second-order valence-corrected chi connectivity index (χ2v) is 8.64. The fourth-order valence-electron chi connectivity index (χ4n) is 3.53. The Morgan fingerprint density at radius 1 is 1.16 bits per heavy atom. The SMILES string of the molecule is CCCOc1ccccc1[C@@H]1CC(=O)Nc2nc(SCc3ccc(Cl)cc3)[nH]c(=O)c21. The van der Waals surface area contributed by atoms with Gasteiger partial charge in [0.25, 0.3) is 5.56 Å². The van der Waals surface area contributed by atoms with Crippen molar-refractivity contribution in [3.8, 4) is 5.75 Å². The van der Waals surface area contributed by atoms with Gasteiger partial charge in [-0.3, -0.25) is 9.59 Å². The van der Waals surface area contributed by atoms with E-state index in [1.807, 2.05) is 55.5 Å². The van der Waals surface area contributed by atoms with E-state index < -0.39 is 5.92 Å². The summed E-state index contributed by atoms with van der Waals surface area (Å²) in [5, 5.41) is 3.89. The van der Waals surface area contributed by atoms with Gasteiger partial charge in [-0.05, 0) is 30.2 Å². The number of halogens is 1. The summed E-state index contributed by atoms with van der Waals surface area (Å²) in [5.41, 5.74) is 2.08. The second-order valence-electron chi connectivity index (χ2n) is 7.24. The minimum Gasteiger partial charge on any atom is -0.493 e. The second kappa shape index (κ2) is 9.58. The smallest absolute Gasteiger partial charge is 0.257 e. The number of carbonyl (C=O) groups excluding carboxylic acids is 1. The predicted molar refractivity (Wildman–Crippen MR) is 123 cm³/mol. The fraction of sp³-hybridized carbons (Fsp3) is 0.261. The lowest BCUT2D eigenvalue weighted by Gasteiger charge is -2.26. The summed E-state index contributed by atoms with van der Waals surface area (Å²) in [7, 11) is 0. The van der Waals surface area contributed by atoms with Crippen LogP contribution in [0.25, 0.3) is 0 Å². The largest absolute Gasteiger partial charge is 0.493 e. The van der Waals surface area contributed by atoms with Crippen LogP contribution in [0.4, 0.5) is 5.82 Å². The van der Waals surface area contributed by atoms with Crippen LogP contribution in [0.3, 0.4) is 0 Å². The first-order valence-electron chi connectivity index (χ1n) is 10.1. The average molecular weight is 456 g/mol. The number of rotatable bonds is 7. The monoisotopic (exact) mass is 455 g/mol. The molecule has 6 nitrogen and oxygen atoms in total. The Balaban J connectivity index is 1.65. The molecule has 31 heavy (non-hydrogen) atoms. The lowest BCUT2D eigenvalue weighted by Crippen LogP contribution is -2.31. The molecule has 0 saturated heterocycles. The standard InChI is InChI=1S/C23H22ClN3O3S/c1-2-11-30-18-6-4-3-5-16(18)17-12-19(28)25-21-20(17)22(29)27-23(26-21)31-13-14-7-9-15(24)10-8-14/h3-10,17H,2,11-13H2,1H3,(H2,25,26,27,28,29)/t17-/m0/s1. The summed E-state index contributed by atoms with van der Waals surface area (Å²) < 4.78 is 5.87. The molecular weight excluding hydrogens is 434 g/mol. The zero-order chi connectivity index (χ0) is 21.8. The normalized spacial score (nSPS) is 15.3. The van der Waals surface area contributed by atoms with Crippen LogP contribution in [0.2, 0.25) is 5.02 Å². The van der Waals surface area contributed by atoms with Crippen LogP contribution in [0.15, 0.2) is 58.5 Å². The molecule has 1 aromatic heterocycles. The highest BCUT2D eigenvalue weighted by atomic mass is 35.5. The Hall–Kier alpha value is -2.77. The van der Waals surface area contributed by atoms with Gasteiger partial charge in [0.05, 0.1) is 12.2 Å². The third kappa shape index (κ3) is 4.94. The van der Waals surface area contributed by atoms with Crippen LogP contribution in [-0.4, -0.2) is 22.5 Å².